The van der Waals surface area contributed by atoms with Gasteiger partial charge in [-0.25, -0.2) is 0 Å². The van der Waals surface area contributed by atoms with Gasteiger partial charge in [-0.05, 0) is 83.5 Å². The zero-order valence-electron chi connectivity index (χ0n) is 43.3. The van der Waals surface area contributed by atoms with Gasteiger partial charge in [-0.3, -0.25) is 14.4 Å². The van der Waals surface area contributed by atoms with Gasteiger partial charge >= 0.3 is 17.9 Å². The van der Waals surface area contributed by atoms with Gasteiger partial charge in [0.15, 0.2) is 6.10 Å². The minimum Gasteiger partial charge on any atom is -0.462 e. The molecule has 0 saturated carbocycles. The molecule has 6 heteroatoms. The summed E-state index contributed by atoms with van der Waals surface area (Å²) in [5.74, 6) is -1.02. The highest BCUT2D eigenvalue weighted by atomic mass is 16.6. The summed E-state index contributed by atoms with van der Waals surface area (Å²) < 4.78 is 16.7. The maximum atomic E-state index is 12.8. The predicted molar refractivity (Wildman–Crippen MR) is 292 cm³/mol. The van der Waals surface area contributed by atoms with Crippen LogP contribution in [0.15, 0.2) is 146 Å². The second-order valence-electron chi connectivity index (χ2n) is 17.3. The standard InChI is InChI=1S/C62H96O6/c1-4-7-10-13-16-19-22-25-27-29-31-33-34-37-40-43-46-49-52-55-61(64)67-58-59(57-66-60(63)54-51-48-45-42-39-36-24-21-18-15-12-9-6-3)68-62(65)56-53-50-47-44-41-38-35-32-30-28-26-23-20-17-14-11-8-5-2/h7,9-10,12-13,15-16,18-19,21-22,24-25,27,29,31-37,39-40,59H,4-6,8,11,14,17,20,23,26,28,30,38,41-58H2,1-3H3/b10-7+,12-9+,16-13+,18-15+,22-19+,24-21+,27-25+,31-29+,34-33+,35-32+,39-36+,40-37+. The fourth-order valence-electron chi connectivity index (χ4n) is 6.84. The maximum Gasteiger partial charge on any atom is 0.306 e. The van der Waals surface area contributed by atoms with Crippen LogP contribution in [0.1, 0.15) is 207 Å². The van der Waals surface area contributed by atoms with Crippen LogP contribution in [0.2, 0.25) is 0 Å². The fourth-order valence-corrected chi connectivity index (χ4v) is 6.84. The highest BCUT2D eigenvalue weighted by Crippen LogP contribution is 2.13. The molecule has 0 N–H and O–H groups in total. The van der Waals surface area contributed by atoms with Crippen LogP contribution in [0.5, 0.6) is 0 Å². The number of esters is 3. The van der Waals surface area contributed by atoms with Gasteiger partial charge in [0.2, 0.25) is 0 Å². The Morgan fingerprint density at radius 2 is 0.588 bits per heavy atom. The van der Waals surface area contributed by atoms with E-state index in [-0.39, 0.29) is 37.5 Å². The second kappa shape index (κ2) is 54.9. The van der Waals surface area contributed by atoms with Gasteiger partial charge < -0.3 is 14.2 Å². The Hall–Kier alpha value is -4.71. The first-order valence-electron chi connectivity index (χ1n) is 27.0. The Balaban J connectivity index is 4.57. The number of hydrogen-bond acceptors (Lipinski definition) is 6. The van der Waals surface area contributed by atoms with E-state index in [2.05, 4.69) is 57.2 Å². The average Bonchev–Trinajstić information content (AvgIpc) is 3.34. The maximum absolute atomic E-state index is 12.8. The predicted octanol–water partition coefficient (Wildman–Crippen LogP) is 18.0. The lowest BCUT2D eigenvalue weighted by Gasteiger charge is -2.18. The van der Waals surface area contributed by atoms with Crippen molar-refractivity contribution in [1.29, 1.82) is 0 Å². The molecular formula is C62H96O6. The molecule has 0 aromatic carbocycles. The van der Waals surface area contributed by atoms with Gasteiger partial charge in [0.1, 0.15) is 13.2 Å². The van der Waals surface area contributed by atoms with E-state index in [1.807, 2.05) is 109 Å². The highest BCUT2D eigenvalue weighted by Gasteiger charge is 2.19. The molecule has 0 radical (unpaired) electrons. The number of hydrogen-bond donors (Lipinski definition) is 0. The molecule has 0 saturated heterocycles. The molecule has 0 aliphatic carbocycles. The summed E-state index contributed by atoms with van der Waals surface area (Å²) in [6, 6.07) is 0. The smallest absolute Gasteiger partial charge is 0.306 e. The van der Waals surface area contributed by atoms with E-state index < -0.39 is 6.10 Å². The van der Waals surface area contributed by atoms with Crippen LogP contribution in [0.4, 0.5) is 0 Å². The van der Waals surface area contributed by atoms with Crippen LogP contribution < -0.4 is 0 Å². The summed E-state index contributed by atoms with van der Waals surface area (Å²) in [6.07, 6.45) is 78.3. The zero-order chi connectivity index (χ0) is 49.3. The molecule has 1 unspecified atom stereocenters. The van der Waals surface area contributed by atoms with E-state index in [4.69, 9.17) is 14.2 Å². The minimum absolute atomic E-state index is 0.123. The van der Waals surface area contributed by atoms with E-state index >= 15 is 0 Å². The number of carbonyl (C=O) groups excluding carboxylic acids is 3. The third-order valence-electron chi connectivity index (χ3n) is 10.8. The van der Waals surface area contributed by atoms with Crippen molar-refractivity contribution >= 4 is 17.9 Å². The summed E-state index contributed by atoms with van der Waals surface area (Å²) in [5.41, 5.74) is 0. The Morgan fingerprint density at radius 1 is 0.309 bits per heavy atom. The first kappa shape index (κ1) is 63.3. The van der Waals surface area contributed by atoms with Crippen LogP contribution >= 0.6 is 0 Å². The van der Waals surface area contributed by atoms with Crippen LogP contribution in [0.3, 0.4) is 0 Å². The largest absolute Gasteiger partial charge is 0.462 e. The first-order chi connectivity index (χ1) is 33.5. The van der Waals surface area contributed by atoms with Crippen molar-refractivity contribution in [1.82, 2.24) is 0 Å². The lowest BCUT2D eigenvalue weighted by molar-refractivity contribution is -0.167. The monoisotopic (exact) mass is 937 g/mol. The van der Waals surface area contributed by atoms with Gasteiger partial charge in [0.05, 0.1) is 0 Å². The first-order valence-corrected chi connectivity index (χ1v) is 27.0. The molecule has 380 valence electrons. The van der Waals surface area contributed by atoms with Gasteiger partial charge in [-0.1, -0.05) is 250 Å². The van der Waals surface area contributed by atoms with E-state index in [0.29, 0.717) is 19.3 Å². The Kier molecular flexibility index (Phi) is 51.1. The van der Waals surface area contributed by atoms with Crippen LogP contribution in [-0.4, -0.2) is 37.2 Å². The molecule has 0 amide bonds. The fraction of sp³-hybridized carbons (Fsp3) is 0.565. The molecular weight excluding hydrogens is 841 g/mol. The normalized spacial score (nSPS) is 13.3. The highest BCUT2D eigenvalue weighted by molar-refractivity contribution is 5.71. The van der Waals surface area contributed by atoms with E-state index in [1.54, 1.807) is 0 Å². The Labute approximate surface area is 417 Å². The molecule has 0 bridgehead atoms. The number of rotatable bonds is 46. The molecule has 0 heterocycles. The van der Waals surface area contributed by atoms with Crippen LogP contribution in [0, 0.1) is 0 Å². The lowest BCUT2D eigenvalue weighted by Crippen LogP contribution is -2.30. The molecule has 0 spiro atoms. The SMILES string of the molecule is CC/C=C/C=C/C=C/C=C/C=C/C=C/C=C/CCCCCC(=O)OCC(COC(=O)CCCCC/C=C/C=C/C=C/C=C/CC)OC(=O)CCCCCCC/C=C/CCCCCCCCCCC. The summed E-state index contributed by atoms with van der Waals surface area (Å²) in [6.45, 7) is 6.25. The van der Waals surface area contributed by atoms with Gasteiger partial charge in [0.25, 0.3) is 0 Å². The van der Waals surface area contributed by atoms with Crippen molar-refractivity contribution in [2.24, 2.45) is 0 Å². The molecule has 0 rings (SSSR count). The number of ether oxygens (including phenoxy) is 3. The summed E-state index contributed by atoms with van der Waals surface area (Å²) in [5, 5.41) is 0. The second-order valence-corrected chi connectivity index (χ2v) is 17.3. The van der Waals surface area contributed by atoms with Crippen molar-refractivity contribution in [3.8, 4) is 0 Å². The number of allylic oxidation sites excluding steroid dienone is 24. The van der Waals surface area contributed by atoms with Crippen molar-refractivity contribution in [2.45, 2.75) is 213 Å². The van der Waals surface area contributed by atoms with E-state index in [9.17, 15) is 14.4 Å². The molecule has 0 aliphatic rings. The topological polar surface area (TPSA) is 78.9 Å². The van der Waals surface area contributed by atoms with Gasteiger partial charge in [-0.2, -0.15) is 0 Å². The van der Waals surface area contributed by atoms with Crippen molar-refractivity contribution in [3.63, 3.8) is 0 Å². The molecule has 0 fully saturated rings. The Morgan fingerprint density at radius 3 is 0.956 bits per heavy atom. The summed E-state index contributed by atoms with van der Waals surface area (Å²) in [4.78, 5) is 38.1. The molecule has 0 aliphatic heterocycles. The number of carbonyl (C=O) groups is 3. The van der Waals surface area contributed by atoms with E-state index in [1.165, 1.54) is 70.6 Å². The molecule has 1 atom stereocenters. The summed E-state index contributed by atoms with van der Waals surface area (Å²) in [7, 11) is 0. The van der Waals surface area contributed by atoms with Crippen LogP contribution in [0.25, 0.3) is 0 Å². The average molecular weight is 937 g/mol. The quantitative estimate of drug-likeness (QED) is 0.0199. The third kappa shape index (κ3) is 52.3. The minimum atomic E-state index is -0.824. The van der Waals surface area contributed by atoms with Gasteiger partial charge in [-0.15, -0.1) is 0 Å². The Bertz CT molecular complexity index is 1540. The zero-order valence-corrected chi connectivity index (χ0v) is 43.3. The van der Waals surface area contributed by atoms with E-state index in [0.717, 1.165) is 89.9 Å². The molecule has 6 nitrogen and oxygen atoms in total. The van der Waals surface area contributed by atoms with Crippen molar-refractivity contribution in [2.75, 3.05) is 13.2 Å². The van der Waals surface area contributed by atoms with Crippen LogP contribution in [-0.2, 0) is 28.6 Å². The molecule has 0 aromatic rings. The van der Waals surface area contributed by atoms with Gasteiger partial charge in [0, 0.05) is 19.3 Å². The van der Waals surface area contributed by atoms with Crippen molar-refractivity contribution < 1.29 is 28.6 Å². The summed E-state index contributed by atoms with van der Waals surface area (Å²) >= 11 is 0. The lowest BCUT2D eigenvalue weighted by atomic mass is 10.1. The number of unbranched alkanes of at least 4 members (excludes halogenated alkanes) is 20. The third-order valence-corrected chi connectivity index (χ3v) is 10.8. The van der Waals surface area contributed by atoms with Crippen molar-refractivity contribution in [3.05, 3.63) is 146 Å². The molecule has 68 heavy (non-hydrogen) atoms. The molecule has 0 aromatic heterocycles.